The molecule has 1 aliphatic carbocycles. The molecule has 0 aliphatic heterocycles. The van der Waals surface area contributed by atoms with E-state index in [0.29, 0.717) is 0 Å². The number of carbonyl (C=O) groups excluding carboxylic acids is 3. The van der Waals surface area contributed by atoms with Crippen molar-refractivity contribution in [2.24, 2.45) is 23.5 Å². The summed E-state index contributed by atoms with van der Waals surface area (Å²) in [6.45, 7) is 10.7. The predicted molar refractivity (Wildman–Crippen MR) is 102 cm³/mol. The largest absolute Gasteiger partial charge is 0.444 e. The molecule has 0 aromatic rings. The van der Waals surface area contributed by atoms with E-state index in [2.05, 4.69) is 10.6 Å². The van der Waals surface area contributed by atoms with E-state index in [4.69, 9.17) is 10.5 Å². The maximum Gasteiger partial charge on any atom is 0.407 e. The number of hydrogen-bond donors (Lipinski definition) is 4. The second-order valence-corrected chi connectivity index (χ2v) is 8.37. The maximum absolute atomic E-state index is 12.3. The molecule has 3 amide bonds. The van der Waals surface area contributed by atoms with E-state index >= 15 is 0 Å². The van der Waals surface area contributed by atoms with Crippen LogP contribution in [-0.4, -0.2) is 46.8 Å². The molecule has 156 valence electrons. The van der Waals surface area contributed by atoms with E-state index in [1.807, 2.05) is 13.8 Å². The van der Waals surface area contributed by atoms with Gasteiger partial charge in [-0.15, -0.1) is 0 Å². The Labute approximate surface area is 161 Å². The van der Waals surface area contributed by atoms with E-state index in [9.17, 15) is 19.5 Å². The number of carbonyl (C=O) groups is 3. The fourth-order valence-electron chi connectivity index (χ4n) is 4.00. The van der Waals surface area contributed by atoms with Gasteiger partial charge in [0, 0.05) is 24.9 Å². The summed E-state index contributed by atoms with van der Waals surface area (Å²) in [4.78, 5) is 35.9. The molecular formula is C19H35N3O5. The third kappa shape index (κ3) is 6.37. The van der Waals surface area contributed by atoms with Crippen molar-refractivity contribution >= 4 is 17.9 Å². The van der Waals surface area contributed by atoms with Crippen LogP contribution in [-0.2, 0) is 14.3 Å². The topological polar surface area (TPSA) is 131 Å². The summed E-state index contributed by atoms with van der Waals surface area (Å²) in [5.74, 6) is -2.09. The van der Waals surface area contributed by atoms with E-state index < -0.39 is 47.6 Å². The summed E-state index contributed by atoms with van der Waals surface area (Å²) >= 11 is 0. The van der Waals surface area contributed by atoms with Gasteiger partial charge in [-0.05, 0) is 33.1 Å². The first-order valence-corrected chi connectivity index (χ1v) is 9.65. The van der Waals surface area contributed by atoms with Gasteiger partial charge in [0.15, 0.2) is 0 Å². The van der Waals surface area contributed by atoms with Crippen molar-refractivity contribution in [1.82, 2.24) is 10.6 Å². The first-order chi connectivity index (χ1) is 12.4. The Morgan fingerprint density at radius 2 is 1.78 bits per heavy atom. The molecule has 1 fully saturated rings. The van der Waals surface area contributed by atoms with Gasteiger partial charge in [-0.2, -0.15) is 0 Å². The average Bonchev–Trinajstić information content (AvgIpc) is 2.81. The van der Waals surface area contributed by atoms with Crippen molar-refractivity contribution in [3.8, 4) is 0 Å². The number of nitrogens with two attached hydrogens (primary N) is 1. The minimum atomic E-state index is -1.06. The molecule has 0 bridgehead atoms. The SMILES string of the molecule is CCC(CC)[C@H](NC(C)=O)[C@@H]1[C@H](O)[C@@H](C(N)=O)C[C@H]1NC(=O)OC(C)(C)C. The van der Waals surface area contributed by atoms with Crippen LogP contribution < -0.4 is 16.4 Å². The quantitative estimate of drug-likeness (QED) is 0.525. The van der Waals surface area contributed by atoms with Crippen molar-refractivity contribution in [3.05, 3.63) is 0 Å². The van der Waals surface area contributed by atoms with E-state index in [1.54, 1.807) is 20.8 Å². The first-order valence-electron chi connectivity index (χ1n) is 9.65. The monoisotopic (exact) mass is 385 g/mol. The standard InChI is InChI=1S/C19H35N3O5/c1-7-11(8-2)15(21-10(3)23)14-13(9-12(16(14)24)17(20)25)22-18(26)27-19(4,5)6/h11-16,24H,7-9H2,1-6H3,(H2,20,25)(H,21,23)(H,22,26)/t12-,13+,14+,15-,16+/m0/s1. The smallest absolute Gasteiger partial charge is 0.407 e. The highest BCUT2D eigenvalue weighted by Crippen LogP contribution is 2.37. The summed E-state index contributed by atoms with van der Waals surface area (Å²) in [6, 6.07) is -0.929. The molecule has 0 aromatic carbocycles. The van der Waals surface area contributed by atoms with Crippen LogP contribution in [0.5, 0.6) is 0 Å². The summed E-state index contributed by atoms with van der Waals surface area (Å²) in [7, 11) is 0. The molecule has 27 heavy (non-hydrogen) atoms. The minimum Gasteiger partial charge on any atom is -0.444 e. The number of ether oxygens (including phenoxy) is 1. The van der Waals surface area contributed by atoms with Crippen molar-refractivity contribution < 1.29 is 24.2 Å². The molecule has 1 rings (SSSR count). The zero-order valence-corrected chi connectivity index (χ0v) is 17.2. The Kier molecular flexibility index (Phi) is 8.07. The lowest BCUT2D eigenvalue weighted by Gasteiger charge is -2.36. The van der Waals surface area contributed by atoms with E-state index in [1.165, 1.54) is 6.92 Å². The lowest BCUT2D eigenvalue weighted by atomic mass is 9.80. The zero-order valence-electron chi connectivity index (χ0n) is 17.2. The molecule has 0 radical (unpaired) electrons. The minimum absolute atomic E-state index is 0.0862. The van der Waals surface area contributed by atoms with Crippen LogP contribution in [0.3, 0.4) is 0 Å². The van der Waals surface area contributed by atoms with Gasteiger partial charge in [0.1, 0.15) is 5.60 Å². The lowest BCUT2D eigenvalue weighted by Crippen LogP contribution is -2.54. The zero-order chi connectivity index (χ0) is 20.9. The number of aliphatic hydroxyl groups is 1. The third-order valence-electron chi connectivity index (χ3n) is 5.19. The fraction of sp³-hybridized carbons (Fsp3) is 0.842. The molecule has 5 N–H and O–H groups in total. The Hall–Kier alpha value is -1.83. The number of alkyl carbamates (subject to hydrolysis) is 1. The number of rotatable bonds is 7. The number of aliphatic hydroxyl groups excluding tert-OH is 1. The van der Waals surface area contributed by atoms with Crippen LogP contribution in [0.1, 0.15) is 60.8 Å². The highest BCUT2D eigenvalue weighted by Gasteiger charge is 2.50. The fourth-order valence-corrected chi connectivity index (χ4v) is 4.00. The van der Waals surface area contributed by atoms with Gasteiger partial charge in [-0.25, -0.2) is 4.79 Å². The molecule has 0 unspecified atom stereocenters. The van der Waals surface area contributed by atoms with Crippen LogP contribution in [0.2, 0.25) is 0 Å². The molecule has 0 aromatic heterocycles. The second kappa shape index (κ2) is 9.39. The summed E-state index contributed by atoms with van der Waals surface area (Å²) in [5.41, 5.74) is 4.78. The highest BCUT2D eigenvalue weighted by molar-refractivity contribution is 5.78. The molecular weight excluding hydrogens is 350 g/mol. The normalized spacial score (nSPS) is 26.5. The Balaban J connectivity index is 3.17. The molecule has 8 heteroatoms. The van der Waals surface area contributed by atoms with Gasteiger partial charge >= 0.3 is 6.09 Å². The molecule has 1 saturated carbocycles. The van der Waals surface area contributed by atoms with E-state index in [-0.39, 0.29) is 18.2 Å². The first kappa shape index (κ1) is 23.2. The highest BCUT2D eigenvalue weighted by atomic mass is 16.6. The maximum atomic E-state index is 12.3. The molecule has 5 atom stereocenters. The van der Waals surface area contributed by atoms with Gasteiger partial charge < -0.3 is 26.2 Å². The van der Waals surface area contributed by atoms with Crippen molar-refractivity contribution in [2.45, 2.75) is 84.6 Å². The van der Waals surface area contributed by atoms with E-state index in [0.717, 1.165) is 12.8 Å². The van der Waals surface area contributed by atoms with Gasteiger partial charge in [0.25, 0.3) is 0 Å². The van der Waals surface area contributed by atoms with Gasteiger partial charge in [0.2, 0.25) is 11.8 Å². The van der Waals surface area contributed by atoms with Gasteiger partial charge in [-0.3, -0.25) is 9.59 Å². The predicted octanol–water partition coefficient (Wildman–Crippen LogP) is 1.30. The molecule has 0 spiro atoms. The molecule has 8 nitrogen and oxygen atoms in total. The van der Waals surface area contributed by atoms with Crippen LogP contribution >= 0.6 is 0 Å². The third-order valence-corrected chi connectivity index (χ3v) is 5.19. The number of nitrogens with one attached hydrogen (secondary N) is 2. The molecule has 1 aliphatic rings. The van der Waals surface area contributed by atoms with Crippen molar-refractivity contribution in [3.63, 3.8) is 0 Å². The Bertz CT molecular complexity index is 542. The van der Waals surface area contributed by atoms with Crippen molar-refractivity contribution in [2.75, 3.05) is 0 Å². The molecule has 0 heterocycles. The van der Waals surface area contributed by atoms with Crippen molar-refractivity contribution in [1.29, 1.82) is 0 Å². The summed E-state index contributed by atoms with van der Waals surface area (Å²) in [6.07, 6.45) is 0.0908. The number of primary amides is 1. The van der Waals surface area contributed by atoms with Crippen LogP contribution in [0.4, 0.5) is 4.79 Å². The average molecular weight is 386 g/mol. The van der Waals surface area contributed by atoms with Crippen LogP contribution in [0.15, 0.2) is 0 Å². The number of hydrogen-bond acceptors (Lipinski definition) is 5. The van der Waals surface area contributed by atoms with Crippen LogP contribution in [0, 0.1) is 17.8 Å². The van der Waals surface area contributed by atoms with Gasteiger partial charge in [0.05, 0.1) is 12.0 Å². The summed E-state index contributed by atoms with van der Waals surface area (Å²) in [5, 5.41) is 16.5. The number of amides is 3. The summed E-state index contributed by atoms with van der Waals surface area (Å²) < 4.78 is 5.32. The van der Waals surface area contributed by atoms with Gasteiger partial charge in [-0.1, -0.05) is 26.7 Å². The lowest BCUT2D eigenvalue weighted by molar-refractivity contribution is -0.125. The second-order valence-electron chi connectivity index (χ2n) is 8.37. The Morgan fingerprint density at radius 3 is 2.19 bits per heavy atom. The Morgan fingerprint density at radius 1 is 1.22 bits per heavy atom. The van der Waals surface area contributed by atoms with Crippen LogP contribution in [0.25, 0.3) is 0 Å². The molecule has 0 saturated heterocycles.